The molecule has 118 valence electrons. The molecule has 0 atom stereocenters. The maximum Gasteiger partial charge on any atom is 0.127 e. The lowest BCUT2D eigenvalue weighted by Gasteiger charge is -2.18. The van der Waals surface area contributed by atoms with E-state index >= 15 is 0 Å². The predicted octanol–water partition coefficient (Wildman–Crippen LogP) is 3.55. The second-order valence-electron chi connectivity index (χ2n) is 6.94. The molecule has 0 aromatic heterocycles. The van der Waals surface area contributed by atoms with Crippen molar-refractivity contribution < 1.29 is 9.47 Å². The SMILES string of the molecule is CC(C)COCCCNCc1cccc2c1OC(C)(C)C2. The first-order valence-corrected chi connectivity index (χ1v) is 8.06. The van der Waals surface area contributed by atoms with Crippen molar-refractivity contribution in [3.05, 3.63) is 29.3 Å². The monoisotopic (exact) mass is 291 g/mol. The Balaban J connectivity index is 1.72. The summed E-state index contributed by atoms with van der Waals surface area (Å²) in [4.78, 5) is 0. The lowest BCUT2D eigenvalue weighted by atomic mass is 10.0. The number of fused-ring (bicyclic) bond motifs is 1. The van der Waals surface area contributed by atoms with Gasteiger partial charge in [0.05, 0.1) is 0 Å². The number of nitrogens with one attached hydrogen (secondary N) is 1. The highest BCUT2D eigenvalue weighted by Crippen LogP contribution is 2.37. The van der Waals surface area contributed by atoms with Crippen molar-refractivity contribution in [3.63, 3.8) is 0 Å². The number of benzene rings is 1. The van der Waals surface area contributed by atoms with E-state index in [1.165, 1.54) is 11.1 Å². The van der Waals surface area contributed by atoms with Crippen molar-refractivity contribution in [2.24, 2.45) is 5.92 Å². The number of para-hydroxylation sites is 1. The van der Waals surface area contributed by atoms with Crippen LogP contribution in [0, 0.1) is 5.92 Å². The van der Waals surface area contributed by atoms with E-state index in [4.69, 9.17) is 9.47 Å². The summed E-state index contributed by atoms with van der Waals surface area (Å²) in [5.41, 5.74) is 2.53. The first kappa shape index (κ1) is 16.3. The topological polar surface area (TPSA) is 30.5 Å². The maximum atomic E-state index is 6.08. The molecule has 3 heteroatoms. The summed E-state index contributed by atoms with van der Waals surface area (Å²) in [6.45, 7) is 12.2. The summed E-state index contributed by atoms with van der Waals surface area (Å²) < 4.78 is 11.7. The van der Waals surface area contributed by atoms with E-state index in [-0.39, 0.29) is 5.60 Å². The zero-order valence-corrected chi connectivity index (χ0v) is 13.9. The first-order chi connectivity index (χ1) is 9.98. The van der Waals surface area contributed by atoms with Crippen LogP contribution in [0.25, 0.3) is 0 Å². The average molecular weight is 291 g/mol. The van der Waals surface area contributed by atoms with Crippen LogP contribution in [-0.4, -0.2) is 25.4 Å². The summed E-state index contributed by atoms with van der Waals surface area (Å²) in [6, 6.07) is 6.46. The molecule has 21 heavy (non-hydrogen) atoms. The highest BCUT2D eigenvalue weighted by molar-refractivity contribution is 5.45. The third-order valence-electron chi connectivity index (χ3n) is 3.58. The van der Waals surface area contributed by atoms with E-state index in [0.717, 1.165) is 44.9 Å². The molecular weight excluding hydrogens is 262 g/mol. The Labute approximate surface area is 129 Å². The van der Waals surface area contributed by atoms with Gasteiger partial charge in [-0.05, 0) is 38.3 Å². The fraction of sp³-hybridized carbons (Fsp3) is 0.667. The second-order valence-corrected chi connectivity index (χ2v) is 6.94. The van der Waals surface area contributed by atoms with Crippen molar-refractivity contribution >= 4 is 0 Å². The normalized spacial score (nSPS) is 16.0. The molecule has 1 N–H and O–H groups in total. The third-order valence-corrected chi connectivity index (χ3v) is 3.58. The number of hydrogen-bond donors (Lipinski definition) is 1. The summed E-state index contributed by atoms with van der Waals surface area (Å²) in [5, 5.41) is 3.49. The molecule has 0 amide bonds. The molecular formula is C18H29NO2. The minimum Gasteiger partial charge on any atom is -0.487 e. The minimum atomic E-state index is -0.0663. The molecule has 0 saturated heterocycles. The molecule has 1 heterocycles. The van der Waals surface area contributed by atoms with Crippen LogP contribution in [0.1, 0.15) is 45.2 Å². The highest BCUT2D eigenvalue weighted by atomic mass is 16.5. The van der Waals surface area contributed by atoms with Gasteiger partial charge in [0.15, 0.2) is 0 Å². The fourth-order valence-corrected chi connectivity index (χ4v) is 2.66. The molecule has 0 unspecified atom stereocenters. The van der Waals surface area contributed by atoms with Crippen LogP contribution >= 0.6 is 0 Å². The van der Waals surface area contributed by atoms with Gasteiger partial charge in [-0.2, -0.15) is 0 Å². The highest BCUT2D eigenvalue weighted by Gasteiger charge is 2.31. The third kappa shape index (κ3) is 5.01. The Kier molecular flexibility index (Phi) is 5.65. The average Bonchev–Trinajstić information content (AvgIpc) is 2.72. The van der Waals surface area contributed by atoms with Gasteiger partial charge in [0.1, 0.15) is 11.4 Å². The molecule has 0 bridgehead atoms. The van der Waals surface area contributed by atoms with E-state index in [1.54, 1.807) is 0 Å². The summed E-state index contributed by atoms with van der Waals surface area (Å²) in [7, 11) is 0. The molecule has 0 fully saturated rings. The van der Waals surface area contributed by atoms with E-state index in [1.807, 2.05) is 0 Å². The van der Waals surface area contributed by atoms with Gasteiger partial charge in [0.25, 0.3) is 0 Å². The molecule has 2 rings (SSSR count). The maximum absolute atomic E-state index is 6.08. The summed E-state index contributed by atoms with van der Waals surface area (Å²) in [6.07, 6.45) is 2.05. The Hall–Kier alpha value is -1.06. The number of hydrogen-bond acceptors (Lipinski definition) is 3. The van der Waals surface area contributed by atoms with Crippen molar-refractivity contribution in [3.8, 4) is 5.75 Å². The van der Waals surface area contributed by atoms with Crippen molar-refractivity contribution in [2.45, 2.75) is 52.7 Å². The van der Waals surface area contributed by atoms with E-state index in [0.29, 0.717) is 5.92 Å². The van der Waals surface area contributed by atoms with Crippen LogP contribution in [0.3, 0.4) is 0 Å². The molecule has 0 aliphatic carbocycles. The van der Waals surface area contributed by atoms with Gasteiger partial charge in [0.2, 0.25) is 0 Å². The van der Waals surface area contributed by atoms with Crippen LogP contribution in [0.2, 0.25) is 0 Å². The van der Waals surface area contributed by atoms with Crippen LogP contribution in [0.4, 0.5) is 0 Å². The quantitative estimate of drug-likeness (QED) is 0.743. The van der Waals surface area contributed by atoms with Gasteiger partial charge in [0, 0.05) is 31.7 Å². The molecule has 0 saturated carbocycles. The molecule has 1 aliphatic rings. The van der Waals surface area contributed by atoms with E-state index in [2.05, 4.69) is 51.2 Å². The molecule has 1 aromatic rings. The minimum absolute atomic E-state index is 0.0663. The zero-order chi connectivity index (χ0) is 15.3. The Morgan fingerprint density at radius 1 is 1.33 bits per heavy atom. The fourth-order valence-electron chi connectivity index (χ4n) is 2.66. The lowest BCUT2D eigenvalue weighted by molar-refractivity contribution is 0.108. The van der Waals surface area contributed by atoms with Crippen LogP contribution in [0.5, 0.6) is 5.75 Å². The van der Waals surface area contributed by atoms with Crippen LogP contribution in [-0.2, 0) is 17.7 Å². The van der Waals surface area contributed by atoms with Gasteiger partial charge in [-0.25, -0.2) is 0 Å². The van der Waals surface area contributed by atoms with Gasteiger partial charge >= 0.3 is 0 Å². The van der Waals surface area contributed by atoms with Gasteiger partial charge in [-0.1, -0.05) is 32.0 Å². The smallest absolute Gasteiger partial charge is 0.127 e. The number of ether oxygens (including phenoxy) is 2. The van der Waals surface area contributed by atoms with E-state index < -0.39 is 0 Å². The molecule has 1 aromatic carbocycles. The molecule has 0 radical (unpaired) electrons. The second kappa shape index (κ2) is 7.28. The largest absolute Gasteiger partial charge is 0.487 e. The van der Waals surface area contributed by atoms with Crippen molar-refractivity contribution in [1.29, 1.82) is 0 Å². The lowest BCUT2D eigenvalue weighted by Crippen LogP contribution is -2.25. The van der Waals surface area contributed by atoms with Gasteiger partial charge in [-0.15, -0.1) is 0 Å². The predicted molar refractivity (Wildman–Crippen MR) is 86.8 cm³/mol. The summed E-state index contributed by atoms with van der Waals surface area (Å²) in [5.74, 6) is 1.71. The summed E-state index contributed by atoms with van der Waals surface area (Å²) >= 11 is 0. The zero-order valence-electron chi connectivity index (χ0n) is 13.9. The Bertz CT molecular complexity index is 455. The van der Waals surface area contributed by atoms with Crippen molar-refractivity contribution in [2.75, 3.05) is 19.8 Å². The molecule has 1 aliphatic heterocycles. The van der Waals surface area contributed by atoms with Crippen LogP contribution in [0.15, 0.2) is 18.2 Å². The van der Waals surface area contributed by atoms with Gasteiger partial charge < -0.3 is 14.8 Å². The van der Waals surface area contributed by atoms with Gasteiger partial charge in [-0.3, -0.25) is 0 Å². The van der Waals surface area contributed by atoms with Crippen LogP contribution < -0.4 is 10.1 Å². The van der Waals surface area contributed by atoms with Crippen molar-refractivity contribution in [1.82, 2.24) is 5.32 Å². The standard InChI is InChI=1S/C18H29NO2/c1-14(2)13-20-10-6-9-19-12-16-8-5-7-15-11-18(3,4)21-17(15)16/h5,7-8,14,19H,6,9-13H2,1-4H3. The Morgan fingerprint density at radius 3 is 2.90 bits per heavy atom. The number of rotatable bonds is 8. The Morgan fingerprint density at radius 2 is 2.14 bits per heavy atom. The van der Waals surface area contributed by atoms with E-state index in [9.17, 15) is 0 Å². The molecule has 3 nitrogen and oxygen atoms in total. The molecule has 0 spiro atoms. The first-order valence-electron chi connectivity index (χ1n) is 8.06.